The monoisotopic (exact) mass is 443 g/mol. The van der Waals surface area contributed by atoms with Crippen molar-refractivity contribution < 1.29 is 13.7 Å². The minimum Gasteiger partial charge on any atom is -0.467 e. The smallest absolute Gasteiger partial charge is 0.254 e. The molecule has 2 aromatic carbocycles. The molecule has 0 saturated heterocycles. The first-order valence-corrected chi connectivity index (χ1v) is 11.1. The van der Waals surface area contributed by atoms with E-state index in [4.69, 9.17) is 8.94 Å². The van der Waals surface area contributed by atoms with E-state index in [0.29, 0.717) is 30.3 Å². The number of carbonyl (C=O) groups excluding carboxylic acids is 1. The molecule has 0 spiro atoms. The molecule has 0 radical (unpaired) electrons. The third-order valence-electron chi connectivity index (χ3n) is 5.77. The number of rotatable bonds is 8. The maximum Gasteiger partial charge on any atom is 0.254 e. The maximum absolute atomic E-state index is 13.6. The highest BCUT2D eigenvalue weighted by molar-refractivity contribution is 5.94. The zero-order valence-electron chi connectivity index (χ0n) is 19.5. The third-order valence-corrected chi connectivity index (χ3v) is 5.77. The van der Waals surface area contributed by atoms with Crippen molar-refractivity contribution in [1.29, 1.82) is 0 Å². The van der Waals surface area contributed by atoms with Crippen LogP contribution in [0.25, 0.3) is 11.3 Å². The van der Waals surface area contributed by atoms with Crippen molar-refractivity contribution in [3.63, 3.8) is 0 Å². The van der Waals surface area contributed by atoms with Gasteiger partial charge in [-0.2, -0.15) is 0 Å². The molecule has 2 aromatic heterocycles. The van der Waals surface area contributed by atoms with Crippen LogP contribution in [0.15, 0.2) is 81.9 Å². The molecular formula is C27H29N3O3. The molecular weight excluding hydrogens is 414 g/mol. The van der Waals surface area contributed by atoms with Crippen LogP contribution >= 0.6 is 0 Å². The van der Waals surface area contributed by atoms with Crippen LogP contribution < -0.4 is 4.90 Å². The maximum atomic E-state index is 13.6. The fourth-order valence-electron chi connectivity index (χ4n) is 3.64. The standard InChI is InChI=1S/C27H29N3O3/c1-19(2)29(4)27-24(25(28-33-27)21-9-6-5-7-10-21)18-30(17-23-11-8-16-32-23)26(31)22-14-12-20(3)13-15-22/h5-16,19H,17-18H2,1-4H3. The number of benzene rings is 2. The van der Waals surface area contributed by atoms with Gasteiger partial charge in [-0.1, -0.05) is 53.2 Å². The quantitative estimate of drug-likeness (QED) is 0.338. The largest absolute Gasteiger partial charge is 0.467 e. The number of hydrogen-bond donors (Lipinski definition) is 0. The highest BCUT2D eigenvalue weighted by Crippen LogP contribution is 2.33. The molecule has 6 nitrogen and oxygen atoms in total. The number of aromatic nitrogens is 1. The fourth-order valence-corrected chi connectivity index (χ4v) is 3.64. The number of aryl methyl sites for hydroxylation is 1. The molecule has 0 unspecified atom stereocenters. The van der Waals surface area contributed by atoms with Crippen molar-refractivity contribution in [3.8, 4) is 11.3 Å². The normalized spacial score (nSPS) is 11.1. The van der Waals surface area contributed by atoms with Crippen molar-refractivity contribution in [2.75, 3.05) is 11.9 Å². The van der Waals surface area contributed by atoms with Gasteiger partial charge in [-0.25, -0.2) is 0 Å². The second kappa shape index (κ2) is 9.77. The van der Waals surface area contributed by atoms with Crippen LogP contribution in [-0.2, 0) is 13.1 Å². The second-order valence-electron chi connectivity index (χ2n) is 8.49. The summed E-state index contributed by atoms with van der Waals surface area (Å²) in [6.45, 7) is 6.85. The van der Waals surface area contributed by atoms with Crippen molar-refractivity contribution in [3.05, 3.63) is 95.4 Å². The van der Waals surface area contributed by atoms with Crippen LogP contribution in [0, 0.1) is 6.92 Å². The Balaban J connectivity index is 1.76. The van der Waals surface area contributed by atoms with E-state index >= 15 is 0 Å². The molecule has 0 bridgehead atoms. The van der Waals surface area contributed by atoms with Gasteiger partial charge >= 0.3 is 0 Å². The average molecular weight is 444 g/mol. The lowest BCUT2D eigenvalue weighted by atomic mass is 10.1. The van der Waals surface area contributed by atoms with Gasteiger partial charge in [0.05, 0.1) is 24.9 Å². The Hall–Kier alpha value is -3.80. The second-order valence-corrected chi connectivity index (χ2v) is 8.49. The van der Waals surface area contributed by atoms with Gasteiger partial charge in [-0.15, -0.1) is 0 Å². The van der Waals surface area contributed by atoms with Crippen LogP contribution in [0.4, 0.5) is 5.88 Å². The Morgan fingerprint density at radius 2 is 1.70 bits per heavy atom. The highest BCUT2D eigenvalue weighted by Gasteiger charge is 2.27. The van der Waals surface area contributed by atoms with Gasteiger partial charge in [0.2, 0.25) is 5.88 Å². The topological polar surface area (TPSA) is 62.7 Å². The number of furan rings is 1. The SMILES string of the molecule is Cc1ccc(C(=O)N(Cc2ccco2)Cc2c(-c3ccccc3)noc2N(C)C(C)C)cc1. The molecule has 2 heterocycles. The van der Waals surface area contributed by atoms with Gasteiger partial charge in [0, 0.05) is 24.2 Å². The van der Waals surface area contributed by atoms with Crippen LogP contribution in [-0.4, -0.2) is 29.1 Å². The molecule has 1 amide bonds. The molecule has 0 aliphatic carbocycles. The fraction of sp³-hybridized carbons (Fsp3) is 0.259. The Labute approximate surface area is 194 Å². The van der Waals surface area contributed by atoms with E-state index < -0.39 is 0 Å². The van der Waals surface area contributed by atoms with Crippen molar-refractivity contribution in [2.24, 2.45) is 0 Å². The van der Waals surface area contributed by atoms with Crippen LogP contribution in [0.3, 0.4) is 0 Å². The molecule has 0 saturated carbocycles. The lowest BCUT2D eigenvalue weighted by Crippen LogP contribution is -2.32. The van der Waals surface area contributed by atoms with Gasteiger partial charge in [0.25, 0.3) is 5.91 Å². The minimum absolute atomic E-state index is 0.0789. The summed E-state index contributed by atoms with van der Waals surface area (Å²) >= 11 is 0. The Morgan fingerprint density at radius 3 is 2.33 bits per heavy atom. The van der Waals surface area contributed by atoms with E-state index in [-0.39, 0.29) is 11.9 Å². The molecule has 170 valence electrons. The zero-order chi connectivity index (χ0) is 23.4. The summed E-state index contributed by atoms with van der Waals surface area (Å²) < 4.78 is 11.4. The first-order valence-electron chi connectivity index (χ1n) is 11.1. The van der Waals surface area contributed by atoms with E-state index in [1.54, 1.807) is 11.2 Å². The van der Waals surface area contributed by atoms with Crippen molar-refractivity contribution >= 4 is 11.8 Å². The van der Waals surface area contributed by atoms with Gasteiger partial charge in [0.15, 0.2) is 0 Å². The number of anilines is 1. The lowest BCUT2D eigenvalue weighted by molar-refractivity contribution is 0.0718. The molecule has 0 N–H and O–H groups in total. The Bertz CT molecular complexity index is 1180. The van der Waals surface area contributed by atoms with E-state index in [2.05, 4.69) is 19.0 Å². The van der Waals surface area contributed by atoms with Gasteiger partial charge in [-0.05, 0) is 45.0 Å². The Kier molecular flexibility index (Phi) is 6.63. The number of carbonyl (C=O) groups is 1. The summed E-state index contributed by atoms with van der Waals surface area (Å²) in [5, 5.41) is 4.41. The summed E-state index contributed by atoms with van der Waals surface area (Å²) in [7, 11) is 1.97. The van der Waals surface area contributed by atoms with E-state index in [1.807, 2.05) is 85.6 Å². The van der Waals surface area contributed by atoms with Gasteiger partial charge in [-0.3, -0.25) is 4.79 Å². The predicted octanol–water partition coefficient (Wildman–Crippen LogP) is 5.93. The first-order chi connectivity index (χ1) is 15.9. The summed E-state index contributed by atoms with van der Waals surface area (Å²) in [5.41, 5.74) is 4.28. The van der Waals surface area contributed by atoms with Crippen LogP contribution in [0.2, 0.25) is 0 Å². The summed E-state index contributed by atoms with van der Waals surface area (Å²) in [5.74, 6) is 1.29. The molecule has 4 aromatic rings. The summed E-state index contributed by atoms with van der Waals surface area (Å²) in [6, 6.07) is 21.4. The highest BCUT2D eigenvalue weighted by atomic mass is 16.5. The molecule has 0 atom stereocenters. The van der Waals surface area contributed by atoms with E-state index in [1.165, 1.54) is 0 Å². The number of hydrogen-bond acceptors (Lipinski definition) is 5. The molecule has 33 heavy (non-hydrogen) atoms. The molecule has 0 aliphatic heterocycles. The molecule has 0 aliphatic rings. The minimum atomic E-state index is -0.0789. The van der Waals surface area contributed by atoms with E-state index in [9.17, 15) is 4.79 Å². The third kappa shape index (κ3) is 5.00. The predicted molar refractivity (Wildman–Crippen MR) is 129 cm³/mol. The molecule has 6 heteroatoms. The lowest BCUT2D eigenvalue weighted by Gasteiger charge is -2.25. The molecule has 4 rings (SSSR count). The van der Waals surface area contributed by atoms with Crippen molar-refractivity contribution in [1.82, 2.24) is 10.1 Å². The van der Waals surface area contributed by atoms with Gasteiger partial charge < -0.3 is 18.7 Å². The van der Waals surface area contributed by atoms with Gasteiger partial charge in [0.1, 0.15) is 11.5 Å². The number of amides is 1. The van der Waals surface area contributed by atoms with Crippen molar-refractivity contribution in [2.45, 2.75) is 39.9 Å². The first kappa shape index (κ1) is 22.4. The zero-order valence-corrected chi connectivity index (χ0v) is 19.5. The van der Waals surface area contributed by atoms with E-state index in [0.717, 1.165) is 22.4 Å². The summed E-state index contributed by atoms with van der Waals surface area (Å²) in [6.07, 6.45) is 1.62. The number of nitrogens with zero attached hydrogens (tertiary/aromatic N) is 3. The van der Waals surface area contributed by atoms with Crippen LogP contribution in [0.5, 0.6) is 0 Å². The average Bonchev–Trinajstić information content (AvgIpc) is 3.49. The Morgan fingerprint density at radius 1 is 0.970 bits per heavy atom. The molecule has 0 fully saturated rings. The summed E-state index contributed by atoms with van der Waals surface area (Å²) in [4.78, 5) is 17.4. The van der Waals surface area contributed by atoms with Crippen LogP contribution in [0.1, 0.15) is 41.1 Å².